The summed E-state index contributed by atoms with van der Waals surface area (Å²) in [6.45, 7) is 0. The molecular weight excluding hydrogens is 680 g/mol. The number of hydrogen-bond donors (Lipinski definition) is 2. The maximum atomic E-state index is 11.8. The number of nitro groups is 4. The van der Waals surface area contributed by atoms with E-state index in [-0.39, 0.29) is 90.5 Å². The Morgan fingerprint density at radius 1 is 0.365 bits per heavy atom. The summed E-state index contributed by atoms with van der Waals surface area (Å²) >= 11 is 0. The maximum absolute atomic E-state index is 11.8. The van der Waals surface area contributed by atoms with E-state index in [0.717, 1.165) is 0 Å². The number of aromatic amines is 2. The summed E-state index contributed by atoms with van der Waals surface area (Å²) in [7, 11) is 0. The van der Waals surface area contributed by atoms with Gasteiger partial charge in [0.1, 0.15) is 22.6 Å². The van der Waals surface area contributed by atoms with E-state index in [9.17, 15) is 40.5 Å². The summed E-state index contributed by atoms with van der Waals surface area (Å²) in [5, 5.41) is 48.4. The quantitative estimate of drug-likeness (QED) is 0.147. The monoisotopic (exact) mass is 694 g/mol. The van der Waals surface area contributed by atoms with Crippen molar-refractivity contribution in [2.45, 2.75) is 0 Å². The lowest BCUT2D eigenvalue weighted by atomic mass is 10.1. The predicted octanol–water partition coefficient (Wildman–Crippen LogP) is 6.50. The summed E-state index contributed by atoms with van der Waals surface area (Å²) in [6.07, 6.45) is 0. The van der Waals surface area contributed by atoms with Crippen LogP contribution in [0.1, 0.15) is 0 Å². The van der Waals surface area contributed by atoms with Gasteiger partial charge in [-0.15, -0.1) is 0 Å². The van der Waals surface area contributed by atoms with Crippen LogP contribution >= 0.6 is 0 Å². The molecule has 0 atom stereocenters. The fourth-order valence-electron chi connectivity index (χ4n) is 6.20. The second-order valence-corrected chi connectivity index (χ2v) is 11.6. The lowest BCUT2D eigenvalue weighted by Gasteiger charge is -1.98. The highest BCUT2D eigenvalue weighted by molar-refractivity contribution is 6.07. The zero-order valence-electron chi connectivity index (χ0n) is 25.7. The molecule has 2 aliphatic heterocycles. The molecule has 52 heavy (non-hydrogen) atoms. The molecule has 0 spiro atoms. The largest absolute Gasteiger partial charge is 0.324 e. The molecule has 0 saturated heterocycles. The summed E-state index contributed by atoms with van der Waals surface area (Å²) in [5.74, 6) is 0.137. The number of non-ortho nitro benzene ring substituents is 4. The van der Waals surface area contributed by atoms with Crippen molar-refractivity contribution in [3.05, 3.63) is 113 Å². The van der Waals surface area contributed by atoms with Gasteiger partial charge in [-0.1, -0.05) is 0 Å². The Bertz CT molecular complexity index is 2810. The standard InChI is InChI=1S/C32H14N12O8/c45-41(46)13-1-5-17-21(9-13)29-33-25(17)37-30-22-10-14(42(47)48)2-6-18(22)27(34-30)39-32-24-12-16(44(51)52)4-8-20(24)28(36-32)40-31-23-11-15(43(49)50)3-7-19(23)26(35-31)38-29/h1-12H,(H2,33,34,35,36,37,38,39,40). The number of aromatic nitrogens is 8. The Kier molecular flexibility index (Phi) is 6.14. The smallest absolute Gasteiger partial charge is 0.270 e. The fourth-order valence-corrected chi connectivity index (χ4v) is 6.20. The van der Waals surface area contributed by atoms with Gasteiger partial charge in [-0.05, 0) is 24.3 Å². The third-order valence-corrected chi connectivity index (χ3v) is 8.61. The van der Waals surface area contributed by atoms with Crippen LogP contribution in [0.15, 0.2) is 72.8 Å². The van der Waals surface area contributed by atoms with Crippen molar-refractivity contribution < 1.29 is 19.7 Å². The molecule has 20 nitrogen and oxygen atoms in total. The van der Waals surface area contributed by atoms with Crippen LogP contribution in [-0.2, 0) is 0 Å². The number of nitrogens with zero attached hydrogens (tertiary/aromatic N) is 10. The van der Waals surface area contributed by atoms with Crippen molar-refractivity contribution in [1.82, 2.24) is 39.9 Å². The molecule has 9 rings (SSSR count). The zero-order chi connectivity index (χ0) is 36.0. The lowest BCUT2D eigenvalue weighted by Crippen LogP contribution is -1.90. The van der Waals surface area contributed by atoms with Crippen LogP contribution in [-0.4, -0.2) is 59.6 Å². The second-order valence-electron chi connectivity index (χ2n) is 11.6. The minimum Gasteiger partial charge on any atom is -0.324 e. The van der Waals surface area contributed by atoms with Crippen molar-refractivity contribution in [2.24, 2.45) is 0 Å². The molecule has 0 aliphatic carbocycles. The Balaban J connectivity index is 1.48. The van der Waals surface area contributed by atoms with Gasteiger partial charge in [0.2, 0.25) is 0 Å². The number of benzene rings is 4. The Morgan fingerprint density at radius 3 is 1.04 bits per heavy atom. The van der Waals surface area contributed by atoms with Crippen LogP contribution in [0, 0.1) is 40.5 Å². The highest BCUT2D eigenvalue weighted by atomic mass is 16.6. The number of rotatable bonds is 4. The molecule has 5 heterocycles. The number of nitrogens with one attached hydrogen (secondary N) is 2. The normalized spacial score (nSPS) is 11.7. The molecular formula is C32H14N12O8. The van der Waals surface area contributed by atoms with Gasteiger partial charge < -0.3 is 9.97 Å². The van der Waals surface area contributed by atoms with Gasteiger partial charge in [-0.3, -0.25) is 40.5 Å². The Morgan fingerprint density at radius 2 is 0.673 bits per heavy atom. The van der Waals surface area contributed by atoms with Gasteiger partial charge in [-0.2, -0.15) is 0 Å². The summed E-state index contributed by atoms with van der Waals surface area (Å²) in [4.78, 5) is 78.9. The molecule has 4 aromatic carbocycles. The first-order valence-electron chi connectivity index (χ1n) is 15.0. The third kappa shape index (κ3) is 4.55. The van der Waals surface area contributed by atoms with Crippen molar-refractivity contribution in [1.29, 1.82) is 0 Å². The van der Waals surface area contributed by atoms with Gasteiger partial charge >= 0.3 is 0 Å². The topological polar surface area (TPSA) is 281 Å². The first-order valence-corrected chi connectivity index (χ1v) is 15.0. The Hall–Kier alpha value is -8.16. The van der Waals surface area contributed by atoms with Gasteiger partial charge in [-0.25, -0.2) is 29.9 Å². The number of fused-ring (bicyclic) bond motifs is 20. The first kappa shape index (κ1) is 29.9. The van der Waals surface area contributed by atoms with Gasteiger partial charge in [0.25, 0.3) is 22.7 Å². The highest BCUT2D eigenvalue weighted by Crippen LogP contribution is 2.39. The van der Waals surface area contributed by atoms with Crippen LogP contribution in [0.25, 0.3) is 89.7 Å². The number of H-pyrrole nitrogens is 2. The van der Waals surface area contributed by atoms with Gasteiger partial charge in [0.05, 0.1) is 19.7 Å². The van der Waals surface area contributed by atoms with Crippen LogP contribution < -0.4 is 0 Å². The second kappa shape index (κ2) is 10.7. The maximum Gasteiger partial charge on any atom is 0.270 e. The summed E-state index contributed by atoms with van der Waals surface area (Å²) < 4.78 is 0. The van der Waals surface area contributed by atoms with Gasteiger partial charge in [0, 0.05) is 92.3 Å². The van der Waals surface area contributed by atoms with Crippen LogP contribution in [0.5, 0.6) is 0 Å². The molecule has 0 fully saturated rings. The Labute approximate surface area is 285 Å². The molecule has 20 heteroatoms. The summed E-state index contributed by atoms with van der Waals surface area (Å²) in [5.41, 5.74) is 0.732. The van der Waals surface area contributed by atoms with E-state index in [1.807, 2.05) is 0 Å². The van der Waals surface area contributed by atoms with Crippen LogP contribution in [0.4, 0.5) is 22.7 Å². The van der Waals surface area contributed by atoms with Crippen molar-refractivity contribution in [3.63, 3.8) is 0 Å². The van der Waals surface area contributed by atoms with Crippen molar-refractivity contribution in [3.8, 4) is 45.6 Å². The van der Waals surface area contributed by atoms with Crippen molar-refractivity contribution in [2.75, 3.05) is 0 Å². The molecule has 2 aliphatic rings. The molecule has 7 aromatic rings. The minimum atomic E-state index is -0.575. The molecule has 250 valence electrons. The molecule has 2 N–H and O–H groups in total. The number of nitro benzene ring substituents is 4. The molecule has 0 unspecified atom stereocenters. The van der Waals surface area contributed by atoms with Crippen LogP contribution in [0.3, 0.4) is 0 Å². The molecule has 0 radical (unpaired) electrons. The van der Waals surface area contributed by atoms with E-state index in [1.165, 1.54) is 72.8 Å². The molecule has 0 saturated carbocycles. The SMILES string of the molecule is O=[N+]([O-])c1ccc2c(c1)-c1nc-2nc2[nH]c(nc3nc(nc4[nH]c(n1)c1ccc([N+](=O)[O-])cc41)-c1ccc([N+](=O)[O-])cc1-3)c1ccc([N+](=O)[O-])cc21. The van der Waals surface area contributed by atoms with E-state index in [0.29, 0.717) is 21.9 Å². The van der Waals surface area contributed by atoms with E-state index in [1.54, 1.807) is 0 Å². The predicted molar refractivity (Wildman–Crippen MR) is 183 cm³/mol. The van der Waals surface area contributed by atoms with E-state index in [2.05, 4.69) is 19.9 Å². The number of hydrogen-bond acceptors (Lipinski definition) is 14. The lowest BCUT2D eigenvalue weighted by molar-refractivity contribution is -0.385. The van der Waals surface area contributed by atoms with E-state index in [4.69, 9.17) is 19.9 Å². The minimum absolute atomic E-state index is 0.0100. The van der Waals surface area contributed by atoms with Crippen molar-refractivity contribution >= 4 is 66.9 Å². The average Bonchev–Trinajstić information content (AvgIpc) is 3.85. The molecule has 8 bridgehead atoms. The third-order valence-electron chi connectivity index (χ3n) is 8.61. The van der Waals surface area contributed by atoms with E-state index >= 15 is 0 Å². The first-order chi connectivity index (χ1) is 25.0. The highest BCUT2D eigenvalue weighted by Gasteiger charge is 2.26. The van der Waals surface area contributed by atoms with E-state index < -0.39 is 19.7 Å². The molecule has 3 aromatic heterocycles. The fraction of sp³-hybridized carbons (Fsp3) is 0. The van der Waals surface area contributed by atoms with Gasteiger partial charge in [0.15, 0.2) is 23.3 Å². The molecule has 0 amide bonds. The zero-order valence-corrected chi connectivity index (χ0v) is 25.7. The average molecular weight is 695 g/mol. The summed E-state index contributed by atoms with van der Waals surface area (Å²) in [6, 6.07) is 16.1. The van der Waals surface area contributed by atoms with Crippen LogP contribution in [0.2, 0.25) is 0 Å².